The molecule has 2 aromatic carbocycles. The largest absolute Gasteiger partial charge is 0.295 e. The highest BCUT2D eigenvalue weighted by Gasteiger charge is 2.05. The van der Waals surface area contributed by atoms with Crippen LogP contribution < -0.4 is 5.56 Å². The Bertz CT molecular complexity index is 812. The van der Waals surface area contributed by atoms with Gasteiger partial charge in [-0.2, -0.15) is 0 Å². The van der Waals surface area contributed by atoms with Crippen LogP contribution in [0, 0.1) is 0 Å². The summed E-state index contributed by atoms with van der Waals surface area (Å²) in [7, 11) is 0. The van der Waals surface area contributed by atoms with Crippen LogP contribution >= 0.6 is 11.6 Å². The lowest BCUT2D eigenvalue weighted by Gasteiger charge is -2.08. The summed E-state index contributed by atoms with van der Waals surface area (Å²) in [5.74, 6) is 0. The summed E-state index contributed by atoms with van der Waals surface area (Å²) in [6.07, 6.45) is 1.56. The second kappa shape index (κ2) is 5.94. The first kappa shape index (κ1) is 13.6. The second-order valence-corrected chi connectivity index (χ2v) is 5.10. The van der Waals surface area contributed by atoms with Crippen LogP contribution in [0.4, 0.5) is 0 Å². The molecule has 0 atom stereocenters. The van der Waals surface area contributed by atoms with E-state index < -0.39 is 0 Å². The zero-order valence-corrected chi connectivity index (χ0v) is 12.0. The molecule has 3 nitrogen and oxygen atoms in total. The Balaban J connectivity index is 1.93. The van der Waals surface area contributed by atoms with Crippen molar-refractivity contribution in [1.82, 2.24) is 9.55 Å². The molecule has 0 spiro atoms. The molecular weight excluding hydrogens is 284 g/mol. The van der Waals surface area contributed by atoms with Crippen molar-refractivity contribution in [3.05, 3.63) is 87.9 Å². The smallest absolute Gasteiger partial charge is 0.254 e. The van der Waals surface area contributed by atoms with E-state index in [1.807, 2.05) is 54.6 Å². The number of rotatable bonds is 3. The van der Waals surface area contributed by atoms with Crippen molar-refractivity contribution in [2.75, 3.05) is 0 Å². The molecule has 0 aliphatic rings. The highest BCUT2D eigenvalue weighted by atomic mass is 35.5. The molecule has 104 valence electrons. The molecule has 1 heterocycles. The number of hydrogen-bond acceptors (Lipinski definition) is 2. The van der Waals surface area contributed by atoms with Crippen molar-refractivity contribution in [1.29, 1.82) is 0 Å². The van der Waals surface area contributed by atoms with E-state index in [2.05, 4.69) is 4.98 Å². The zero-order chi connectivity index (χ0) is 14.7. The van der Waals surface area contributed by atoms with E-state index in [0.29, 0.717) is 17.3 Å². The molecule has 1 aromatic heterocycles. The van der Waals surface area contributed by atoms with Gasteiger partial charge in [-0.25, -0.2) is 4.98 Å². The second-order valence-electron chi connectivity index (χ2n) is 4.70. The fourth-order valence-electron chi connectivity index (χ4n) is 2.12. The maximum absolute atomic E-state index is 12.2. The minimum absolute atomic E-state index is 0.0937. The molecular formula is C17H13ClN2O. The van der Waals surface area contributed by atoms with Crippen LogP contribution in [0.25, 0.3) is 11.3 Å². The molecule has 0 saturated carbocycles. The lowest BCUT2D eigenvalue weighted by molar-refractivity contribution is 0.738. The first-order valence-electron chi connectivity index (χ1n) is 6.59. The molecule has 0 bridgehead atoms. The first-order chi connectivity index (χ1) is 10.2. The Morgan fingerprint density at radius 3 is 2.43 bits per heavy atom. The van der Waals surface area contributed by atoms with Crippen LogP contribution in [-0.2, 0) is 6.54 Å². The molecule has 0 amide bonds. The Hall–Kier alpha value is -2.39. The minimum atomic E-state index is -0.0937. The van der Waals surface area contributed by atoms with Gasteiger partial charge in [-0.15, -0.1) is 0 Å². The fraction of sp³-hybridized carbons (Fsp3) is 0.0588. The summed E-state index contributed by atoms with van der Waals surface area (Å²) >= 11 is 6.12. The Kier molecular flexibility index (Phi) is 3.84. The molecule has 0 saturated heterocycles. The van der Waals surface area contributed by atoms with Gasteiger partial charge in [0.2, 0.25) is 0 Å². The first-order valence-corrected chi connectivity index (χ1v) is 6.97. The van der Waals surface area contributed by atoms with Gasteiger partial charge in [-0.1, -0.05) is 60.1 Å². The van der Waals surface area contributed by atoms with E-state index in [4.69, 9.17) is 11.6 Å². The fourth-order valence-corrected chi connectivity index (χ4v) is 2.32. The van der Waals surface area contributed by atoms with Crippen LogP contribution in [0.1, 0.15) is 5.56 Å². The lowest BCUT2D eigenvalue weighted by Crippen LogP contribution is -2.20. The lowest BCUT2D eigenvalue weighted by atomic mass is 10.1. The molecule has 4 heteroatoms. The molecule has 0 N–H and O–H groups in total. The van der Waals surface area contributed by atoms with Crippen molar-refractivity contribution in [2.45, 2.75) is 6.54 Å². The predicted molar refractivity (Wildman–Crippen MR) is 84.5 cm³/mol. The summed E-state index contributed by atoms with van der Waals surface area (Å²) in [5.41, 5.74) is 2.41. The summed E-state index contributed by atoms with van der Waals surface area (Å²) in [5, 5.41) is 0.650. The summed E-state index contributed by atoms with van der Waals surface area (Å²) in [6.45, 7) is 0.417. The van der Waals surface area contributed by atoms with Gasteiger partial charge in [0.05, 0.1) is 18.6 Å². The van der Waals surface area contributed by atoms with Crippen LogP contribution in [0.5, 0.6) is 0 Å². The molecule has 3 rings (SSSR count). The number of benzene rings is 2. The minimum Gasteiger partial charge on any atom is -0.295 e. The van der Waals surface area contributed by atoms with Crippen LogP contribution in [0.3, 0.4) is 0 Å². The SMILES string of the molecule is O=c1cc(-c2ccccc2)ncn1Cc1ccccc1Cl. The molecule has 0 aliphatic heterocycles. The van der Waals surface area contributed by atoms with Gasteiger partial charge in [0.25, 0.3) is 5.56 Å². The van der Waals surface area contributed by atoms with Gasteiger partial charge in [0.1, 0.15) is 0 Å². The molecule has 0 fully saturated rings. The molecule has 3 aromatic rings. The quantitative estimate of drug-likeness (QED) is 0.740. The van der Waals surface area contributed by atoms with E-state index in [9.17, 15) is 4.79 Å². The van der Waals surface area contributed by atoms with Crippen molar-refractivity contribution >= 4 is 11.6 Å². The van der Waals surface area contributed by atoms with Gasteiger partial charge in [-0.05, 0) is 11.6 Å². The Labute approximate surface area is 127 Å². The average Bonchev–Trinajstić information content (AvgIpc) is 2.52. The monoisotopic (exact) mass is 296 g/mol. The van der Waals surface area contributed by atoms with Gasteiger partial charge >= 0.3 is 0 Å². The number of halogens is 1. The normalized spacial score (nSPS) is 10.5. The molecule has 21 heavy (non-hydrogen) atoms. The summed E-state index contributed by atoms with van der Waals surface area (Å²) in [4.78, 5) is 16.6. The standard InChI is InChI=1S/C17H13ClN2O/c18-15-9-5-4-8-14(15)11-20-12-19-16(10-17(20)21)13-6-2-1-3-7-13/h1-10,12H,11H2. The number of nitrogens with zero attached hydrogens (tertiary/aromatic N) is 2. The van der Waals surface area contributed by atoms with E-state index in [0.717, 1.165) is 11.1 Å². The van der Waals surface area contributed by atoms with Crippen molar-refractivity contribution in [3.8, 4) is 11.3 Å². The number of hydrogen-bond donors (Lipinski definition) is 0. The highest BCUT2D eigenvalue weighted by Crippen LogP contribution is 2.16. The van der Waals surface area contributed by atoms with Crippen molar-refractivity contribution in [2.24, 2.45) is 0 Å². The van der Waals surface area contributed by atoms with E-state index in [1.165, 1.54) is 0 Å². The van der Waals surface area contributed by atoms with Gasteiger partial charge in [0, 0.05) is 16.7 Å². The Morgan fingerprint density at radius 1 is 1.00 bits per heavy atom. The average molecular weight is 297 g/mol. The summed E-state index contributed by atoms with van der Waals surface area (Å²) in [6, 6.07) is 18.7. The van der Waals surface area contributed by atoms with E-state index in [-0.39, 0.29) is 5.56 Å². The maximum atomic E-state index is 12.2. The topological polar surface area (TPSA) is 34.9 Å². The molecule has 0 unspecified atom stereocenters. The maximum Gasteiger partial charge on any atom is 0.254 e. The number of aromatic nitrogens is 2. The van der Waals surface area contributed by atoms with Crippen LogP contribution in [0.15, 0.2) is 71.8 Å². The van der Waals surface area contributed by atoms with Gasteiger partial charge in [-0.3, -0.25) is 9.36 Å². The highest BCUT2D eigenvalue weighted by molar-refractivity contribution is 6.31. The third-order valence-corrected chi connectivity index (χ3v) is 3.62. The van der Waals surface area contributed by atoms with Crippen LogP contribution in [-0.4, -0.2) is 9.55 Å². The van der Waals surface area contributed by atoms with Crippen LogP contribution in [0.2, 0.25) is 5.02 Å². The molecule has 0 aliphatic carbocycles. The molecule has 0 radical (unpaired) electrons. The summed E-state index contributed by atoms with van der Waals surface area (Å²) < 4.78 is 1.55. The third-order valence-electron chi connectivity index (χ3n) is 3.25. The predicted octanol–water partition coefficient (Wildman–Crippen LogP) is 3.61. The van der Waals surface area contributed by atoms with Crippen molar-refractivity contribution < 1.29 is 0 Å². The Morgan fingerprint density at radius 2 is 1.71 bits per heavy atom. The van der Waals surface area contributed by atoms with E-state index >= 15 is 0 Å². The van der Waals surface area contributed by atoms with Gasteiger partial charge in [0.15, 0.2) is 0 Å². The third kappa shape index (κ3) is 3.03. The van der Waals surface area contributed by atoms with Gasteiger partial charge < -0.3 is 0 Å². The van der Waals surface area contributed by atoms with E-state index in [1.54, 1.807) is 17.0 Å². The zero-order valence-electron chi connectivity index (χ0n) is 11.2. The van der Waals surface area contributed by atoms with Crippen molar-refractivity contribution in [3.63, 3.8) is 0 Å².